The van der Waals surface area contributed by atoms with Gasteiger partial charge in [0, 0.05) is 23.3 Å². The van der Waals surface area contributed by atoms with Crippen LogP contribution in [0, 0.1) is 16.2 Å². The van der Waals surface area contributed by atoms with Crippen molar-refractivity contribution in [2.24, 2.45) is 5.41 Å². The first-order valence-corrected chi connectivity index (χ1v) is 6.19. The molecule has 0 aromatic carbocycles. The number of hydrogen-bond acceptors (Lipinski definition) is 4. The Morgan fingerprint density at radius 3 is 2.42 bits per heavy atom. The van der Waals surface area contributed by atoms with E-state index in [-0.39, 0.29) is 5.41 Å². The molecule has 0 bridgehead atoms. The fourth-order valence-electron chi connectivity index (χ4n) is 0.377. The van der Waals surface area contributed by atoms with Gasteiger partial charge in [0.2, 0.25) is 0 Å². The Labute approximate surface area is 82.3 Å². The van der Waals surface area contributed by atoms with Crippen molar-refractivity contribution in [1.82, 2.24) is 0 Å². The van der Waals surface area contributed by atoms with Crippen LogP contribution in [-0.2, 0) is 0 Å². The Kier molecular flexibility index (Phi) is 6.57. The average Bonchev–Trinajstić information content (AvgIpc) is 2.04. The lowest BCUT2D eigenvalue weighted by atomic mass is 9.99. The number of nitrogens with one attached hydrogen (secondary N) is 2. The Morgan fingerprint density at radius 2 is 1.92 bits per heavy atom. The Hall–Kier alpha value is 0.0400. The largest absolute Gasteiger partial charge is 0.303 e. The van der Waals surface area contributed by atoms with Crippen molar-refractivity contribution in [3.63, 3.8) is 0 Å². The summed E-state index contributed by atoms with van der Waals surface area (Å²) in [6.07, 6.45) is 5.55. The fourth-order valence-corrected chi connectivity index (χ4v) is 2.87. The van der Waals surface area contributed by atoms with Gasteiger partial charge in [-0.1, -0.05) is 35.4 Å². The molecule has 12 heavy (non-hydrogen) atoms. The van der Waals surface area contributed by atoms with Crippen LogP contribution in [0.15, 0.2) is 0 Å². The van der Waals surface area contributed by atoms with E-state index >= 15 is 0 Å². The second kappa shape index (κ2) is 6.54. The quantitative estimate of drug-likeness (QED) is 0.379. The minimum Gasteiger partial charge on any atom is -0.303 e. The first kappa shape index (κ1) is 12.0. The Balaban J connectivity index is 3.30. The summed E-state index contributed by atoms with van der Waals surface area (Å²) in [6, 6.07) is 0. The van der Waals surface area contributed by atoms with Crippen LogP contribution in [0.5, 0.6) is 0 Å². The van der Waals surface area contributed by atoms with Crippen molar-refractivity contribution < 1.29 is 0 Å². The molecule has 2 radical (unpaired) electrons. The molecule has 0 amide bonds. The topological polar surface area (TPSA) is 47.7 Å². The van der Waals surface area contributed by atoms with Gasteiger partial charge in [0.25, 0.3) is 0 Å². The molecule has 0 fully saturated rings. The van der Waals surface area contributed by atoms with Crippen LogP contribution in [0.25, 0.3) is 0 Å². The minimum absolute atomic E-state index is 0.119. The molecule has 0 spiro atoms. The van der Waals surface area contributed by atoms with E-state index in [0.717, 1.165) is 11.5 Å². The summed E-state index contributed by atoms with van der Waals surface area (Å²) in [4.78, 5) is 0. The summed E-state index contributed by atoms with van der Waals surface area (Å²) < 4.78 is 0. The molecule has 0 heterocycles. The predicted octanol–water partition coefficient (Wildman–Crippen LogP) is 2.84. The normalized spacial score (nSPS) is 11.2. The lowest BCUT2D eigenvalue weighted by molar-refractivity contribution is 0.618. The molecule has 0 aromatic rings. The molecule has 0 unspecified atom stereocenters. The molecular formula is C8H14N2S2. The summed E-state index contributed by atoms with van der Waals surface area (Å²) in [5, 5.41) is 13.7. The summed E-state index contributed by atoms with van der Waals surface area (Å²) in [5.74, 6) is 1.83. The van der Waals surface area contributed by atoms with Crippen molar-refractivity contribution in [2.75, 3.05) is 11.5 Å². The van der Waals surface area contributed by atoms with E-state index in [1.54, 1.807) is 21.6 Å². The molecule has 68 valence electrons. The lowest BCUT2D eigenvalue weighted by Gasteiger charge is -2.15. The maximum atomic E-state index is 7.01. The molecular weight excluding hydrogens is 188 g/mol. The molecule has 2 N–H and O–H groups in total. The van der Waals surface area contributed by atoms with Gasteiger partial charge < -0.3 is 10.8 Å². The number of rotatable bonds is 7. The molecule has 0 aliphatic carbocycles. The van der Waals surface area contributed by atoms with Gasteiger partial charge in [0.15, 0.2) is 0 Å². The van der Waals surface area contributed by atoms with Gasteiger partial charge in [-0.05, 0) is 0 Å². The van der Waals surface area contributed by atoms with Gasteiger partial charge in [-0.2, -0.15) is 0 Å². The third-order valence-corrected chi connectivity index (χ3v) is 3.88. The monoisotopic (exact) mass is 202 g/mol. The van der Waals surface area contributed by atoms with Crippen molar-refractivity contribution in [3.8, 4) is 0 Å². The van der Waals surface area contributed by atoms with E-state index < -0.39 is 0 Å². The van der Waals surface area contributed by atoms with Crippen molar-refractivity contribution in [2.45, 2.75) is 20.3 Å². The van der Waals surface area contributed by atoms with Crippen LogP contribution >= 0.6 is 21.6 Å². The highest BCUT2D eigenvalue weighted by Crippen LogP contribution is 2.28. The van der Waals surface area contributed by atoms with Gasteiger partial charge in [0.1, 0.15) is 0 Å². The van der Waals surface area contributed by atoms with Crippen LogP contribution in [0.1, 0.15) is 20.3 Å². The highest BCUT2D eigenvalue weighted by Gasteiger charge is 2.14. The first-order chi connectivity index (χ1) is 5.62. The third-order valence-electron chi connectivity index (χ3n) is 1.15. The molecule has 0 aliphatic rings. The van der Waals surface area contributed by atoms with Crippen molar-refractivity contribution in [3.05, 3.63) is 0 Å². The van der Waals surface area contributed by atoms with E-state index in [2.05, 4.69) is 12.4 Å². The molecule has 0 aliphatic heterocycles. The molecule has 0 saturated heterocycles. The van der Waals surface area contributed by atoms with E-state index in [9.17, 15) is 0 Å². The summed E-state index contributed by atoms with van der Waals surface area (Å²) in [7, 11) is 3.47. The standard InChI is InChI=1S/C8H14N2S2/c1-8(2,6-10)7-12-11-5-3-4-9/h9-10H,3,5,7H2,1-2H3. The van der Waals surface area contributed by atoms with Crippen LogP contribution in [0.3, 0.4) is 0 Å². The van der Waals surface area contributed by atoms with Gasteiger partial charge in [0.05, 0.1) is 12.4 Å². The fraction of sp³-hybridized carbons (Fsp3) is 0.750. The maximum absolute atomic E-state index is 7.01. The van der Waals surface area contributed by atoms with E-state index in [4.69, 9.17) is 10.8 Å². The zero-order chi connectivity index (χ0) is 9.45. The molecule has 0 rings (SSSR count). The highest BCUT2D eigenvalue weighted by atomic mass is 33.1. The van der Waals surface area contributed by atoms with Gasteiger partial charge >= 0.3 is 0 Å². The minimum atomic E-state index is -0.119. The summed E-state index contributed by atoms with van der Waals surface area (Å²) in [5.41, 5.74) is -0.119. The molecule has 4 heteroatoms. The molecule has 0 aromatic heterocycles. The van der Waals surface area contributed by atoms with E-state index in [1.165, 1.54) is 0 Å². The maximum Gasteiger partial charge on any atom is 0.0591 e. The van der Waals surface area contributed by atoms with Crippen LogP contribution in [-0.4, -0.2) is 23.9 Å². The summed E-state index contributed by atoms with van der Waals surface area (Å²) in [6.45, 7) is 3.99. The zero-order valence-electron chi connectivity index (χ0n) is 7.44. The Bertz CT molecular complexity index is 146. The zero-order valence-corrected chi connectivity index (χ0v) is 9.07. The second-order valence-corrected chi connectivity index (χ2v) is 5.60. The lowest BCUT2D eigenvalue weighted by Crippen LogP contribution is -2.14. The van der Waals surface area contributed by atoms with Crippen LogP contribution in [0.2, 0.25) is 0 Å². The molecule has 0 atom stereocenters. The second-order valence-electron chi connectivity index (χ2n) is 3.02. The first-order valence-electron chi connectivity index (χ1n) is 3.70. The molecule has 0 saturated carbocycles. The van der Waals surface area contributed by atoms with Gasteiger partial charge in [-0.3, -0.25) is 0 Å². The predicted molar refractivity (Wildman–Crippen MR) is 58.8 cm³/mol. The molecule has 2 nitrogen and oxygen atoms in total. The van der Waals surface area contributed by atoms with Gasteiger partial charge in [-0.25, -0.2) is 0 Å². The van der Waals surface area contributed by atoms with Crippen LogP contribution < -0.4 is 0 Å². The summed E-state index contributed by atoms with van der Waals surface area (Å²) >= 11 is 0. The van der Waals surface area contributed by atoms with Crippen molar-refractivity contribution in [1.29, 1.82) is 10.8 Å². The third kappa shape index (κ3) is 6.73. The van der Waals surface area contributed by atoms with Gasteiger partial charge in [-0.15, -0.1) is 0 Å². The smallest absolute Gasteiger partial charge is 0.0591 e. The Morgan fingerprint density at radius 1 is 1.25 bits per heavy atom. The van der Waals surface area contributed by atoms with E-state index in [0.29, 0.717) is 6.42 Å². The average molecular weight is 202 g/mol. The SMILES string of the molecule is CC(C)([C]=N)CSSCC[C]=N. The number of hydrogen-bond donors (Lipinski definition) is 2. The highest BCUT2D eigenvalue weighted by molar-refractivity contribution is 8.76. The van der Waals surface area contributed by atoms with Crippen LogP contribution in [0.4, 0.5) is 0 Å². The van der Waals surface area contributed by atoms with E-state index in [1.807, 2.05) is 13.8 Å². The van der Waals surface area contributed by atoms with Crippen molar-refractivity contribution >= 4 is 34.0 Å².